The Morgan fingerprint density at radius 3 is 2.94 bits per heavy atom. The molecule has 0 spiro atoms. The summed E-state index contributed by atoms with van der Waals surface area (Å²) in [5.41, 5.74) is 3.10. The van der Waals surface area contributed by atoms with Gasteiger partial charge in [0.05, 0.1) is 15.7 Å². The predicted molar refractivity (Wildman–Crippen MR) is 75.5 cm³/mol. The van der Waals surface area contributed by atoms with Crippen LogP contribution in [0.15, 0.2) is 18.2 Å². The molecule has 5 heteroatoms. The molecule has 0 atom stereocenters. The van der Waals surface area contributed by atoms with Crippen LogP contribution in [0, 0.1) is 0 Å². The lowest BCUT2D eigenvalue weighted by Crippen LogP contribution is -1.99. The highest BCUT2D eigenvalue weighted by Gasteiger charge is 2.18. The van der Waals surface area contributed by atoms with E-state index in [0.29, 0.717) is 10.0 Å². The molecular formula is C13H13Cl2N3. The number of H-pyrrole nitrogens is 1. The summed E-state index contributed by atoms with van der Waals surface area (Å²) < 4.78 is 0. The average molecular weight is 282 g/mol. The molecule has 0 amide bonds. The largest absolute Gasteiger partial charge is 0.368 e. The Morgan fingerprint density at radius 1 is 1.17 bits per heavy atom. The minimum Gasteiger partial charge on any atom is -0.368 e. The van der Waals surface area contributed by atoms with Gasteiger partial charge in [0.25, 0.3) is 0 Å². The van der Waals surface area contributed by atoms with Crippen LogP contribution in [0.3, 0.4) is 0 Å². The molecule has 1 aromatic heterocycles. The first-order valence-electron chi connectivity index (χ1n) is 6.03. The number of halogens is 2. The molecule has 1 aliphatic rings. The van der Waals surface area contributed by atoms with E-state index >= 15 is 0 Å². The summed E-state index contributed by atoms with van der Waals surface area (Å²) in [6.07, 6.45) is 3.33. The van der Waals surface area contributed by atoms with E-state index in [1.807, 2.05) is 12.1 Å². The summed E-state index contributed by atoms with van der Waals surface area (Å²) in [6, 6.07) is 5.66. The second-order valence-electron chi connectivity index (χ2n) is 4.41. The molecule has 2 heterocycles. The Balaban J connectivity index is 2.12. The molecule has 3 nitrogen and oxygen atoms in total. The molecule has 1 aliphatic heterocycles. The van der Waals surface area contributed by atoms with Crippen molar-refractivity contribution >= 4 is 29.0 Å². The highest BCUT2D eigenvalue weighted by atomic mass is 35.5. The van der Waals surface area contributed by atoms with Crippen LogP contribution in [0.25, 0.3) is 11.3 Å². The third kappa shape index (κ3) is 1.98. The van der Waals surface area contributed by atoms with Crippen molar-refractivity contribution in [3.05, 3.63) is 33.8 Å². The second-order valence-corrected chi connectivity index (χ2v) is 5.20. The van der Waals surface area contributed by atoms with Crippen LogP contribution in [0.5, 0.6) is 0 Å². The molecule has 0 fully saturated rings. The summed E-state index contributed by atoms with van der Waals surface area (Å²) >= 11 is 12.3. The average Bonchev–Trinajstić information content (AvgIpc) is 2.62. The first-order valence-corrected chi connectivity index (χ1v) is 6.78. The highest BCUT2D eigenvalue weighted by molar-refractivity contribution is 6.43. The maximum atomic E-state index is 6.27. The Labute approximate surface area is 115 Å². The van der Waals surface area contributed by atoms with Crippen molar-refractivity contribution in [3.63, 3.8) is 0 Å². The van der Waals surface area contributed by atoms with Crippen molar-refractivity contribution < 1.29 is 0 Å². The Bertz CT molecular complexity index is 578. The number of anilines is 1. The van der Waals surface area contributed by atoms with Crippen LogP contribution < -0.4 is 5.32 Å². The third-order valence-corrected chi connectivity index (χ3v) is 4.05. The fraction of sp³-hybridized carbons (Fsp3) is 0.308. The summed E-state index contributed by atoms with van der Waals surface area (Å²) in [5.74, 6) is 0.943. The van der Waals surface area contributed by atoms with Crippen LogP contribution in [-0.4, -0.2) is 16.7 Å². The highest BCUT2D eigenvalue weighted by Crippen LogP contribution is 2.37. The van der Waals surface area contributed by atoms with E-state index in [1.54, 1.807) is 6.07 Å². The van der Waals surface area contributed by atoms with Gasteiger partial charge in [0.2, 0.25) is 0 Å². The van der Waals surface area contributed by atoms with E-state index in [4.69, 9.17) is 23.2 Å². The van der Waals surface area contributed by atoms with Crippen LogP contribution in [-0.2, 0) is 6.42 Å². The van der Waals surface area contributed by atoms with Crippen molar-refractivity contribution in [1.29, 1.82) is 0 Å². The van der Waals surface area contributed by atoms with Crippen molar-refractivity contribution in [2.24, 2.45) is 0 Å². The van der Waals surface area contributed by atoms with Crippen LogP contribution in [0.4, 0.5) is 5.82 Å². The SMILES string of the molecule is Clc1cccc(-c2[nH]nc3c2CCCCN3)c1Cl. The van der Waals surface area contributed by atoms with Gasteiger partial charge in [-0.15, -0.1) is 0 Å². The number of hydrogen-bond acceptors (Lipinski definition) is 2. The van der Waals surface area contributed by atoms with E-state index in [-0.39, 0.29) is 0 Å². The number of aromatic nitrogens is 2. The summed E-state index contributed by atoms with van der Waals surface area (Å²) in [4.78, 5) is 0. The van der Waals surface area contributed by atoms with E-state index in [9.17, 15) is 0 Å². The zero-order valence-corrected chi connectivity index (χ0v) is 11.3. The van der Waals surface area contributed by atoms with E-state index in [0.717, 1.165) is 36.5 Å². The van der Waals surface area contributed by atoms with Gasteiger partial charge in [-0.2, -0.15) is 5.10 Å². The molecule has 0 saturated carbocycles. The molecule has 1 aromatic carbocycles. The molecule has 0 bridgehead atoms. The molecule has 18 heavy (non-hydrogen) atoms. The van der Waals surface area contributed by atoms with E-state index in [1.165, 1.54) is 12.0 Å². The van der Waals surface area contributed by atoms with Crippen molar-refractivity contribution in [3.8, 4) is 11.3 Å². The summed E-state index contributed by atoms with van der Waals surface area (Å²) in [7, 11) is 0. The van der Waals surface area contributed by atoms with Gasteiger partial charge in [-0.1, -0.05) is 35.3 Å². The summed E-state index contributed by atoms with van der Waals surface area (Å²) in [6.45, 7) is 0.973. The molecule has 3 rings (SSSR count). The van der Waals surface area contributed by atoms with Crippen molar-refractivity contribution in [2.45, 2.75) is 19.3 Å². The second kappa shape index (κ2) is 4.82. The number of nitrogens with zero attached hydrogens (tertiary/aromatic N) is 1. The van der Waals surface area contributed by atoms with Gasteiger partial charge in [-0.3, -0.25) is 5.10 Å². The third-order valence-electron chi connectivity index (χ3n) is 3.23. The van der Waals surface area contributed by atoms with Gasteiger partial charge in [0, 0.05) is 17.7 Å². The van der Waals surface area contributed by atoms with Gasteiger partial charge < -0.3 is 5.32 Å². The Hall–Kier alpha value is -1.19. The topological polar surface area (TPSA) is 40.7 Å². The molecule has 2 aromatic rings. The number of fused-ring (bicyclic) bond motifs is 1. The molecular weight excluding hydrogens is 269 g/mol. The summed E-state index contributed by atoms with van der Waals surface area (Å²) in [5, 5.41) is 11.9. The van der Waals surface area contributed by atoms with Crippen LogP contribution in [0.1, 0.15) is 18.4 Å². The van der Waals surface area contributed by atoms with Gasteiger partial charge >= 0.3 is 0 Å². The molecule has 2 N–H and O–H groups in total. The van der Waals surface area contributed by atoms with Crippen molar-refractivity contribution in [2.75, 3.05) is 11.9 Å². The smallest absolute Gasteiger partial charge is 0.151 e. The Morgan fingerprint density at radius 2 is 2.06 bits per heavy atom. The molecule has 0 radical (unpaired) electrons. The predicted octanol–water partition coefficient (Wildman–Crippen LogP) is 4.13. The lowest BCUT2D eigenvalue weighted by molar-refractivity contribution is 0.783. The van der Waals surface area contributed by atoms with E-state index in [2.05, 4.69) is 15.5 Å². The number of nitrogens with one attached hydrogen (secondary N) is 2. The minimum absolute atomic E-state index is 0.569. The number of benzene rings is 1. The van der Waals surface area contributed by atoms with Crippen LogP contribution in [0.2, 0.25) is 10.0 Å². The number of aromatic amines is 1. The molecule has 0 saturated heterocycles. The fourth-order valence-corrected chi connectivity index (χ4v) is 2.70. The monoisotopic (exact) mass is 281 g/mol. The van der Waals surface area contributed by atoms with Crippen molar-refractivity contribution in [1.82, 2.24) is 10.2 Å². The van der Waals surface area contributed by atoms with Gasteiger partial charge in [0.1, 0.15) is 0 Å². The maximum absolute atomic E-state index is 6.27. The minimum atomic E-state index is 0.569. The zero-order valence-electron chi connectivity index (χ0n) is 9.76. The van der Waals surface area contributed by atoms with Crippen LogP contribution >= 0.6 is 23.2 Å². The lowest BCUT2D eigenvalue weighted by Gasteiger charge is -2.06. The lowest BCUT2D eigenvalue weighted by atomic mass is 10.0. The van der Waals surface area contributed by atoms with Gasteiger partial charge in [-0.05, 0) is 25.3 Å². The number of rotatable bonds is 1. The number of hydrogen-bond donors (Lipinski definition) is 2. The normalized spacial score (nSPS) is 14.8. The standard InChI is InChI=1S/C13H13Cl2N3/c14-10-6-3-5-8(11(10)15)12-9-4-1-2-7-16-13(9)18-17-12/h3,5-6H,1-2,4,7H2,(H2,16,17,18). The fourth-order valence-electron chi connectivity index (χ4n) is 2.31. The van der Waals surface area contributed by atoms with Gasteiger partial charge in [-0.25, -0.2) is 0 Å². The Kier molecular flexibility index (Phi) is 3.18. The molecule has 94 valence electrons. The van der Waals surface area contributed by atoms with E-state index < -0.39 is 0 Å². The molecule has 0 unspecified atom stereocenters. The first-order chi connectivity index (χ1) is 8.77. The quantitative estimate of drug-likeness (QED) is 0.825. The maximum Gasteiger partial charge on any atom is 0.151 e. The van der Waals surface area contributed by atoms with Gasteiger partial charge in [0.15, 0.2) is 5.82 Å². The molecule has 0 aliphatic carbocycles. The zero-order chi connectivity index (χ0) is 12.5. The first kappa shape index (κ1) is 11.9.